The summed E-state index contributed by atoms with van der Waals surface area (Å²) in [5.74, 6) is -1.68. The van der Waals surface area contributed by atoms with Gasteiger partial charge >= 0.3 is 0 Å². The van der Waals surface area contributed by atoms with Crippen LogP contribution in [0.25, 0.3) is 0 Å². The molecule has 3 rings (SSSR count). The first-order valence-electron chi connectivity index (χ1n) is 8.57. The standard InChI is InChI=1S/C20H19FN2O4S/c1-3-12-22(28(26,27)17-10-6-15(21)7-11-17)18-13-19(24)23(20(18)25)16-8-4-14(2)5-9-16/h3-11,18H,1,12-13H2,2H3. The number of benzene rings is 2. The maximum Gasteiger partial charge on any atom is 0.252 e. The number of rotatable bonds is 6. The molecule has 1 unspecified atom stereocenters. The van der Waals surface area contributed by atoms with Crippen LogP contribution in [0.5, 0.6) is 0 Å². The first-order chi connectivity index (χ1) is 13.3. The highest BCUT2D eigenvalue weighted by Crippen LogP contribution is 2.29. The van der Waals surface area contributed by atoms with E-state index in [0.717, 1.165) is 39.0 Å². The molecule has 0 aliphatic carbocycles. The zero-order chi connectivity index (χ0) is 20.5. The third-order valence-electron chi connectivity index (χ3n) is 4.49. The number of carbonyl (C=O) groups excluding carboxylic acids is 2. The normalized spacial score (nSPS) is 17.4. The van der Waals surface area contributed by atoms with Crippen molar-refractivity contribution >= 4 is 27.5 Å². The quantitative estimate of drug-likeness (QED) is 0.550. The highest BCUT2D eigenvalue weighted by atomic mass is 32.2. The third-order valence-corrected chi connectivity index (χ3v) is 6.38. The summed E-state index contributed by atoms with van der Waals surface area (Å²) in [6, 6.07) is 9.92. The Morgan fingerprint density at radius 2 is 1.75 bits per heavy atom. The molecule has 28 heavy (non-hydrogen) atoms. The topological polar surface area (TPSA) is 74.8 Å². The average Bonchev–Trinajstić information content (AvgIpc) is 2.95. The monoisotopic (exact) mass is 402 g/mol. The van der Waals surface area contributed by atoms with Crippen LogP contribution in [0.3, 0.4) is 0 Å². The van der Waals surface area contributed by atoms with E-state index in [0.29, 0.717) is 5.69 Å². The molecule has 0 spiro atoms. The van der Waals surface area contributed by atoms with Gasteiger partial charge in [0.1, 0.15) is 11.9 Å². The second-order valence-corrected chi connectivity index (χ2v) is 8.33. The summed E-state index contributed by atoms with van der Waals surface area (Å²) < 4.78 is 40.2. The number of sulfonamides is 1. The smallest absolute Gasteiger partial charge is 0.252 e. The van der Waals surface area contributed by atoms with Crippen LogP contribution in [0.4, 0.5) is 10.1 Å². The van der Waals surface area contributed by atoms with Crippen molar-refractivity contribution in [3.05, 3.63) is 72.6 Å². The largest absolute Gasteiger partial charge is 0.274 e. The number of anilines is 1. The van der Waals surface area contributed by atoms with Crippen LogP contribution in [0, 0.1) is 12.7 Å². The number of hydrogen-bond donors (Lipinski definition) is 0. The lowest BCUT2D eigenvalue weighted by molar-refractivity contribution is -0.122. The number of hydrogen-bond acceptors (Lipinski definition) is 4. The minimum atomic E-state index is -4.14. The molecule has 0 N–H and O–H groups in total. The van der Waals surface area contributed by atoms with Crippen molar-refractivity contribution in [3.63, 3.8) is 0 Å². The molecule has 8 heteroatoms. The third kappa shape index (κ3) is 3.61. The van der Waals surface area contributed by atoms with Crippen LogP contribution in [0.15, 0.2) is 66.1 Å². The number of carbonyl (C=O) groups is 2. The van der Waals surface area contributed by atoms with Gasteiger partial charge in [0.15, 0.2) is 0 Å². The van der Waals surface area contributed by atoms with Crippen molar-refractivity contribution in [2.75, 3.05) is 11.4 Å². The van der Waals surface area contributed by atoms with E-state index in [1.54, 1.807) is 24.3 Å². The van der Waals surface area contributed by atoms with Gasteiger partial charge in [0, 0.05) is 6.54 Å². The van der Waals surface area contributed by atoms with Crippen LogP contribution in [-0.2, 0) is 19.6 Å². The Labute approximate surface area is 162 Å². The molecule has 146 valence electrons. The van der Waals surface area contributed by atoms with Crippen LogP contribution in [-0.4, -0.2) is 37.1 Å². The molecule has 1 saturated heterocycles. The Morgan fingerprint density at radius 1 is 1.14 bits per heavy atom. The lowest BCUT2D eigenvalue weighted by Gasteiger charge is -2.25. The SMILES string of the molecule is C=CCN(C1CC(=O)N(c2ccc(C)cc2)C1=O)S(=O)(=O)c1ccc(F)cc1. The molecule has 0 saturated carbocycles. The summed E-state index contributed by atoms with van der Waals surface area (Å²) in [6.45, 7) is 5.26. The van der Waals surface area contributed by atoms with Gasteiger partial charge in [0.25, 0.3) is 5.91 Å². The zero-order valence-electron chi connectivity index (χ0n) is 15.2. The summed E-state index contributed by atoms with van der Waals surface area (Å²) in [7, 11) is -4.14. The van der Waals surface area contributed by atoms with Gasteiger partial charge in [-0.05, 0) is 43.3 Å². The van der Waals surface area contributed by atoms with E-state index in [4.69, 9.17) is 0 Å². The highest BCUT2D eigenvalue weighted by molar-refractivity contribution is 7.89. The maximum absolute atomic E-state index is 13.2. The predicted octanol–water partition coefficient (Wildman–Crippen LogP) is 2.64. The minimum absolute atomic E-state index is 0.162. The lowest BCUT2D eigenvalue weighted by Crippen LogP contribution is -2.45. The lowest BCUT2D eigenvalue weighted by atomic mass is 10.2. The Morgan fingerprint density at radius 3 is 2.32 bits per heavy atom. The minimum Gasteiger partial charge on any atom is -0.274 e. The fraction of sp³-hybridized carbons (Fsp3) is 0.200. The molecular formula is C20H19FN2O4S. The molecule has 0 bridgehead atoms. The summed E-state index contributed by atoms with van der Waals surface area (Å²) in [5.41, 5.74) is 1.35. The Hall–Kier alpha value is -2.84. The van der Waals surface area contributed by atoms with Crippen LogP contribution >= 0.6 is 0 Å². The summed E-state index contributed by atoms with van der Waals surface area (Å²) >= 11 is 0. The van der Waals surface area contributed by atoms with Gasteiger partial charge in [-0.25, -0.2) is 17.7 Å². The molecule has 1 heterocycles. The number of aryl methyl sites for hydroxylation is 1. The molecule has 2 aromatic carbocycles. The van der Waals surface area contributed by atoms with Gasteiger partial charge in [0.05, 0.1) is 17.0 Å². The predicted molar refractivity (Wildman–Crippen MR) is 103 cm³/mol. The van der Waals surface area contributed by atoms with Gasteiger partial charge in [-0.3, -0.25) is 9.59 Å². The number of amides is 2. The molecule has 1 atom stereocenters. The van der Waals surface area contributed by atoms with E-state index in [1.807, 2.05) is 6.92 Å². The number of halogens is 1. The van der Waals surface area contributed by atoms with Crippen LogP contribution < -0.4 is 4.90 Å². The summed E-state index contributed by atoms with van der Waals surface area (Å²) in [6.07, 6.45) is 1.06. The molecule has 6 nitrogen and oxygen atoms in total. The molecule has 0 radical (unpaired) electrons. The summed E-state index contributed by atoms with van der Waals surface area (Å²) in [4.78, 5) is 26.3. The first kappa shape index (κ1) is 19.9. The second-order valence-electron chi connectivity index (χ2n) is 6.44. The fourth-order valence-corrected chi connectivity index (χ4v) is 4.62. The van der Waals surface area contributed by atoms with E-state index in [2.05, 4.69) is 6.58 Å². The second kappa shape index (κ2) is 7.65. The molecule has 2 aromatic rings. The van der Waals surface area contributed by atoms with Crippen LogP contribution in [0.2, 0.25) is 0 Å². The highest BCUT2D eigenvalue weighted by Gasteiger charge is 2.46. The molecule has 2 amide bonds. The average molecular weight is 402 g/mol. The fourth-order valence-electron chi connectivity index (χ4n) is 3.07. The van der Waals surface area contributed by atoms with Crippen molar-refractivity contribution in [3.8, 4) is 0 Å². The molecule has 1 aliphatic heterocycles. The van der Waals surface area contributed by atoms with E-state index in [-0.39, 0.29) is 17.9 Å². The van der Waals surface area contributed by atoms with Gasteiger partial charge in [0.2, 0.25) is 15.9 Å². The van der Waals surface area contributed by atoms with Crippen molar-refractivity contribution in [2.24, 2.45) is 0 Å². The van der Waals surface area contributed by atoms with Gasteiger partial charge in [-0.1, -0.05) is 23.8 Å². The van der Waals surface area contributed by atoms with Gasteiger partial charge in [-0.2, -0.15) is 4.31 Å². The van der Waals surface area contributed by atoms with E-state index in [1.165, 1.54) is 6.08 Å². The first-order valence-corrected chi connectivity index (χ1v) is 10.0. The van der Waals surface area contributed by atoms with Gasteiger partial charge < -0.3 is 0 Å². The van der Waals surface area contributed by atoms with Crippen molar-refractivity contribution in [2.45, 2.75) is 24.3 Å². The van der Waals surface area contributed by atoms with E-state index >= 15 is 0 Å². The molecular weight excluding hydrogens is 383 g/mol. The Bertz CT molecular complexity index is 1020. The Kier molecular flexibility index (Phi) is 5.44. The van der Waals surface area contributed by atoms with Crippen molar-refractivity contribution in [1.29, 1.82) is 0 Å². The number of nitrogens with zero attached hydrogens (tertiary/aromatic N) is 2. The molecule has 1 fully saturated rings. The maximum atomic E-state index is 13.2. The van der Waals surface area contributed by atoms with E-state index in [9.17, 15) is 22.4 Å². The van der Waals surface area contributed by atoms with Crippen molar-refractivity contribution < 1.29 is 22.4 Å². The van der Waals surface area contributed by atoms with E-state index < -0.39 is 33.7 Å². The summed E-state index contributed by atoms with van der Waals surface area (Å²) in [5, 5.41) is 0. The number of imide groups is 1. The molecule has 1 aliphatic rings. The van der Waals surface area contributed by atoms with Crippen LogP contribution in [0.1, 0.15) is 12.0 Å². The Balaban J connectivity index is 1.97. The molecule has 0 aromatic heterocycles. The zero-order valence-corrected chi connectivity index (χ0v) is 16.0. The van der Waals surface area contributed by atoms with Gasteiger partial charge in [-0.15, -0.1) is 6.58 Å². The van der Waals surface area contributed by atoms with Crippen molar-refractivity contribution in [1.82, 2.24) is 4.31 Å².